The van der Waals surface area contributed by atoms with Crippen molar-refractivity contribution in [1.82, 2.24) is 0 Å². The van der Waals surface area contributed by atoms with Gasteiger partial charge in [-0.2, -0.15) is 0 Å². The van der Waals surface area contributed by atoms with Crippen molar-refractivity contribution in [1.29, 1.82) is 0 Å². The van der Waals surface area contributed by atoms with Gasteiger partial charge in [-0.3, -0.25) is 9.59 Å². The Bertz CT molecular complexity index is 228. The smallest absolute Gasteiger partial charge is 0.378 e. The summed E-state index contributed by atoms with van der Waals surface area (Å²) in [7, 11) is 0. The summed E-state index contributed by atoms with van der Waals surface area (Å²) in [5, 5.41) is 25.5. The van der Waals surface area contributed by atoms with Crippen LogP contribution in [0.3, 0.4) is 0 Å². The number of aliphatic carboxylic acids is 1. The topological polar surface area (TPSA) is 112 Å². The van der Waals surface area contributed by atoms with Crippen LogP contribution in [0.25, 0.3) is 0 Å². The van der Waals surface area contributed by atoms with Crippen LogP contribution < -0.4 is 0 Å². The summed E-state index contributed by atoms with van der Waals surface area (Å²) in [6, 6.07) is 0. The van der Waals surface area contributed by atoms with Crippen LogP contribution in [0.1, 0.15) is 13.3 Å². The van der Waals surface area contributed by atoms with E-state index in [-0.39, 0.29) is 0 Å². The lowest BCUT2D eigenvalue weighted by Crippen LogP contribution is -2.44. The molecule has 0 aliphatic carbocycles. The Morgan fingerprint density at radius 3 is 1.92 bits per heavy atom. The highest BCUT2D eigenvalue weighted by atomic mass is 16.5. The highest BCUT2D eigenvalue weighted by Crippen LogP contribution is 2.07. The molecule has 0 bridgehead atoms. The summed E-state index contributed by atoms with van der Waals surface area (Å²) in [6.07, 6.45) is -0.919. The first-order valence-electron chi connectivity index (χ1n) is 2.99. The molecule has 0 amide bonds. The molecule has 0 aliphatic rings. The highest BCUT2D eigenvalue weighted by molar-refractivity contribution is 6.35. The minimum atomic E-state index is -3.09. The van der Waals surface area contributed by atoms with E-state index in [0.29, 0.717) is 0 Å². The summed E-state index contributed by atoms with van der Waals surface area (Å²) < 4.78 is 0. The molecule has 0 heterocycles. The number of aliphatic hydroxyl groups is 2. The van der Waals surface area contributed by atoms with Crippen LogP contribution in [0.2, 0.25) is 0 Å². The number of carbonyl (C=O) groups is 3. The van der Waals surface area contributed by atoms with Crippen LogP contribution >= 0.6 is 0 Å². The molecular weight excluding hydrogens is 168 g/mol. The fourth-order valence-electron chi connectivity index (χ4n) is 0.599. The summed E-state index contributed by atoms with van der Waals surface area (Å²) in [4.78, 5) is 30.7. The van der Waals surface area contributed by atoms with Crippen LogP contribution in [0, 0.1) is 0 Å². The van der Waals surface area contributed by atoms with Crippen LogP contribution in [-0.4, -0.2) is 38.6 Å². The van der Waals surface area contributed by atoms with Gasteiger partial charge in [-0.25, -0.2) is 4.79 Å². The van der Waals surface area contributed by atoms with E-state index in [4.69, 9.17) is 15.3 Å². The minimum Gasteiger partial charge on any atom is -0.475 e. The van der Waals surface area contributed by atoms with E-state index < -0.39 is 29.7 Å². The standard InChI is InChI=1S/C6H8O6/c1-3(7)2-6(11,12)4(8)5(9)10/h11-12H,2H2,1H3,(H,9,10). The van der Waals surface area contributed by atoms with Crippen molar-refractivity contribution in [3.8, 4) is 0 Å². The second kappa shape index (κ2) is 3.42. The summed E-state index contributed by atoms with van der Waals surface area (Å²) in [6.45, 7) is 1.01. The van der Waals surface area contributed by atoms with Crippen molar-refractivity contribution in [2.24, 2.45) is 0 Å². The zero-order valence-corrected chi connectivity index (χ0v) is 6.27. The first kappa shape index (κ1) is 10.7. The van der Waals surface area contributed by atoms with Crippen molar-refractivity contribution in [3.63, 3.8) is 0 Å². The Morgan fingerprint density at radius 2 is 1.67 bits per heavy atom. The zero-order valence-electron chi connectivity index (χ0n) is 6.27. The summed E-state index contributed by atoms with van der Waals surface area (Å²) in [5.41, 5.74) is 0. The Kier molecular flexibility index (Phi) is 3.06. The fourth-order valence-corrected chi connectivity index (χ4v) is 0.599. The molecule has 0 unspecified atom stereocenters. The van der Waals surface area contributed by atoms with Crippen molar-refractivity contribution in [3.05, 3.63) is 0 Å². The molecule has 12 heavy (non-hydrogen) atoms. The van der Waals surface area contributed by atoms with Gasteiger partial charge in [0.25, 0.3) is 5.78 Å². The number of ketones is 2. The number of carboxylic acids is 1. The predicted molar refractivity (Wildman–Crippen MR) is 35.1 cm³/mol. The van der Waals surface area contributed by atoms with Crippen molar-refractivity contribution in [2.75, 3.05) is 0 Å². The van der Waals surface area contributed by atoms with E-state index in [0.717, 1.165) is 6.92 Å². The van der Waals surface area contributed by atoms with E-state index in [9.17, 15) is 14.4 Å². The molecule has 6 nitrogen and oxygen atoms in total. The molecule has 0 radical (unpaired) electrons. The van der Waals surface area contributed by atoms with Crippen molar-refractivity contribution in [2.45, 2.75) is 19.1 Å². The van der Waals surface area contributed by atoms with E-state index in [1.54, 1.807) is 0 Å². The molecule has 0 fully saturated rings. The molecule has 0 aliphatic heterocycles. The average Bonchev–Trinajstić information content (AvgIpc) is 1.82. The average molecular weight is 176 g/mol. The van der Waals surface area contributed by atoms with Crippen molar-refractivity contribution < 1.29 is 29.7 Å². The fraction of sp³-hybridized carbons (Fsp3) is 0.500. The first-order chi connectivity index (χ1) is 5.27. The molecular formula is C6H8O6. The van der Waals surface area contributed by atoms with Gasteiger partial charge in [-0.1, -0.05) is 0 Å². The highest BCUT2D eigenvalue weighted by Gasteiger charge is 2.39. The van der Waals surface area contributed by atoms with Gasteiger partial charge in [-0.05, 0) is 6.92 Å². The number of carboxylic acid groups (broad SMARTS) is 1. The van der Waals surface area contributed by atoms with E-state index in [1.165, 1.54) is 0 Å². The van der Waals surface area contributed by atoms with E-state index in [2.05, 4.69) is 0 Å². The van der Waals surface area contributed by atoms with Gasteiger partial charge in [0.05, 0.1) is 6.42 Å². The third-order valence-electron chi connectivity index (χ3n) is 1.05. The number of hydrogen-bond acceptors (Lipinski definition) is 5. The lowest BCUT2D eigenvalue weighted by Gasteiger charge is -2.15. The maximum atomic E-state index is 10.4. The Balaban J connectivity index is 4.50. The second-order valence-electron chi connectivity index (χ2n) is 2.33. The lowest BCUT2D eigenvalue weighted by atomic mass is 10.1. The lowest BCUT2D eigenvalue weighted by molar-refractivity contribution is -0.191. The van der Waals surface area contributed by atoms with Gasteiger partial charge in [0.15, 0.2) is 0 Å². The van der Waals surface area contributed by atoms with E-state index >= 15 is 0 Å². The molecule has 0 spiro atoms. The molecule has 3 N–H and O–H groups in total. The molecule has 0 saturated heterocycles. The van der Waals surface area contributed by atoms with Gasteiger partial charge in [0.1, 0.15) is 5.78 Å². The largest absolute Gasteiger partial charge is 0.475 e. The Labute approximate surface area is 67.4 Å². The third kappa shape index (κ3) is 2.77. The molecule has 0 rings (SSSR count). The van der Waals surface area contributed by atoms with Gasteiger partial charge >= 0.3 is 5.97 Å². The molecule has 6 heteroatoms. The number of carbonyl (C=O) groups excluding carboxylic acids is 2. The second-order valence-corrected chi connectivity index (χ2v) is 2.33. The molecule has 0 aromatic rings. The SMILES string of the molecule is CC(=O)CC(O)(O)C(=O)C(=O)O. The third-order valence-corrected chi connectivity index (χ3v) is 1.05. The van der Waals surface area contributed by atoms with Gasteiger partial charge < -0.3 is 15.3 Å². The maximum absolute atomic E-state index is 10.4. The maximum Gasteiger partial charge on any atom is 0.378 e. The molecule has 0 aromatic heterocycles. The number of hydrogen-bond donors (Lipinski definition) is 3. The first-order valence-corrected chi connectivity index (χ1v) is 2.99. The van der Waals surface area contributed by atoms with E-state index in [1.807, 2.05) is 0 Å². The zero-order chi connectivity index (χ0) is 9.94. The van der Waals surface area contributed by atoms with Crippen LogP contribution in [0.4, 0.5) is 0 Å². The summed E-state index contributed by atoms with van der Waals surface area (Å²) in [5.74, 6) is -7.56. The van der Waals surface area contributed by atoms with Gasteiger partial charge in [0.2, 0.25) is 5.79 Å². The number of rotatable bonds is 4. The Morgan fingerprint density at radius 1 is 1.25 bits per heavy atom. The quantitative estimate of drug-likeness (QED) is 0.347. The summed E-state index contributed by atoms with van der Waals surface area (Å²) >= 11 is 0. The van der Waals surface area contributed by atoms with Gasteiger partial charge in [-0.15, -0.1) is 0 Å². The van der Waals surface area contributed by atoms with Crippen LogP contribution in [-0.2, 0) is 14.4 Å². The van der Waals surface area contributed by atoms with Gasteiger partial charge in [0, 0.05) is 0 Å². The Hall–Kier alpha value is -1.27. The number of Topliss-reactive ketones (excluding diaryl/α,β-unsaturated/α-hetero) is 2. The predicted octanol–water partition coefficient (Wildman–Crippen LogP) is -1.70. The molecule has 0 saturated carbocycles. The molecule has 68 valence electrons. The monoisotopic (exact) mass is 176 g/mol. The molecule has 0 atom stereocenters. The van der Waals surface area contributed by atoms with Crippen LogP contribution in [0.15, 0.2) is 0 Å². The van der Waals surface area contributed by atoms with Crippen LogP contribution in [0.5, 0.6) is 0 Å². The normalized spacial score (nSPS) is 10.9. The minimum absolute atomic E-state index is 0.686. The molecule has 0 aromatic carbocycles. The van der Waals surface area contributed by atoms with Crippen molar-refractivity contribution >= 4 is 17.5 Å².